The average molecular weight is 604 g/mol. The molecule has 0 bridgehead atoms. The lowest BCUT2D eigenvalue weighted by Gasteiger charge is -2.24. The Labute approximate surface area is 243 Å². The smallest absolute Gasteiger partial charge is 0.490 e. The Morgan fingerprint density at radius 2 is 1.88 bits per heavy atom. The molecule has 14 nitrogen and oxygen atoms in total. The minimum Gasteiger partial charge on any atom is -0.493 e. The lowest BCUT2D eigenvalue weighted by atomic mass is 10.0. The fraction of sp³-hybridized carbons (Fsp3) is 0.154. The standard InChI is InChI=1S/C24H27N9O3.C2HF3O2/c1-3-13-36-20-14-16(8-11-19(20)35-2)21(29-17-9-6-15(7-10-17)22(26)27)24(32-33-34)31-30-23-18(25)5-4-12-28-23;3-2(4,5)1(6)7/h3-12,14,21,29H,1,13,25H2,2H3,(H3,26,27)(H,28,30)(H,31,32,34);(H,6,7). The monoisotopic (exact) mass is 603 g/mol. The Morgan fingerprint density at radius 1 is 1.21 bits per heavy atom. The molecular formula is C26H28F3N9O5. The number of carboxylic acid groups (broad SMARTS) is 1. The second-order valence-electron chi connectivity index (χ2n) is 8.14. The maximum Gasteiger partial charge on any atom is 0.490 e. The highest BCUT2D eigenvalue weighted by Crippen LogP contribution is 2.32. The van der Waals surface area contributed by atoms with Crippen molar-refractivity contribution in [3.05, 3.63) is 89.5 Å². The maximum atomic E-state index is 11.2. The van der Waals surface area contributed by atoms with Gasteiger partial charge in [0.15, 0.2) is 23.2 Å². The van der Waals surface area contributed by atoms with Crippen LogP contribution >= 0.6 is 0 Å². The molecule has 1 unspecified atom stereocenters. The zero-order valence-corrected chi connectivity index (χ0v) is 22.6. The number of pyridine rings is 1. The van der Waals surface area contributed by atoms with E-state index in [1.165, 1.54) is 7.11 Å². The van der Waals surface area contributed by atoms with Crippen LogP contribution in [-0.4, -0.2) is 47.6 Å². The van der Waals surface area contributed by atoms with Crippen molar-refractivity contribution in [2.24, 2.45) is 16.1 Å². The van der Waals surface area contributed by atoms with E-state index in [1.54, 1.807) is 66.9 Å². The quantitative estimate of drug-likeness (QED) is 0.0515. The number of hydrogen-bond acceptors (Lipinski definition) is 10. The molecule has 3 rings (SSSR count). The van der Waals surface area contributed by atoms with E-state index in [1.807, 2.05) is 0 Å². The van der Waals surface area contributed by atoms with E-state index in [9.17, 15) is 18.1 Å². The van der Waals surface area contributed by atoms with Gasteiger partial charge in [0.05, 0.1) is 18.1 Å². The first-order chi connectivity index (χ1) is 20.4. The first kappa shape index (κ1) is 33.3. The Bertz CT molecular complexity index is 1450. The fourth-order valence-electron chi connectivity index (χ4n) is 3.20. The summed E-state index contributed by atoms with van der Waals surface area (Å²) in [5, 5.41) is 24.5. The number of aliphatic carboxylic acids is 1. The number of nitroso groups, excluding NO2 is 1. The lowest BCUT2D eigenvalue weighted by molar-refractivity contribution is -0.192. The largest absolute Gasteiger partial charge is 0.493 e. The van der Waals surface area contributed by atoms with E-state index >= 15 is 0 Å². The van der Waals surface area contributed by atoms with Gasteiger partial charge >= 0.3 is 12.1 Å². The number of rotatable bonds is 12. The number of hydrogen-bond donors (Lipinski definition) is 7. The van der Waals surface area contributed by atoms with Gasteiger partial charge < -0.3 is 31.4 Å². The summed E-state index contributed by atoms with van der Waals surface area (Å²) in [6, 6.07) is 14.8. The van der Waals surface area contributed by atoms with Gasteiger partial charge in [-0.1, -0.05) is 23.8 Å². The molecule has 0 aliphatic heterocycles. The molecule has 0 fully saturated rings. The van der Waals surface area contributed by atoms with Crippen LogP contribution in [0.5, 0.6) is 11.5 Å². The summed E-state index contributed by atoms with van der Waals surface area (Å²) in [6.45, 7) is 3.94. The number of benzene rings is 2. The van der Waals surface area contributed by atoms with E-state index in [0.717, 1.165) is 0 Å². The molecule has 2 aromatic carbocycles. The number of anilines is 3. The van der Waals surface area contributed by atoms with Gasteiger partial charge in [-0.15, -0.1) is 4.91 Å². The number of halogens is 3. The summed E-state index contributed by atoms with van der Waals surface area (Å²) >= 11 is 0. The number of nitrogens with two attached hydrogens (primary N) is 2. The van der Waals surface area contributed by atoms with Gasteiger partial charge in [-0.2, -0.15) is 13.2 Å². The molecule has 0 saturated heterocycles. The molecule has 9 N–H and O–H groups in total. The van der Waals surface area contributed by atoms with Crippen LogP contribution in [-0.2, 0) is 4.79 Å². The van der Waals surface area contributed by atoms with Crippen molar-refractivity contribution < 1.29 is 32.5 Å². The fourth-order valence-corrected chi connectivity index (χ4v) is 3.20. The van der Waals surface area contributed by atoms with Crippen molar-refractivity contribution in [1.82, 2.24) is 10.4 Å². The predicted molar refractivity (Wildman–Crippen MR) is 155 cm³/mol. The van der Waals surface area contributed by atoms with E-state index in [2.05, 4.69) is 38.1 Å². The number of methoxy groups -OCH3 is 1. The number of aromatic nitrogens is 1. The summed E-state index contributed by atoms with van der Waals surface area (Å²) in [4.78, 5) is 24.3. The molecule has 3 aromatic rings. The van der Waals surface area contributed by atoms with Crippen molar-refractivity contribution in [3.63, 3.8) is 0 Å². The number of hydrazine groups is 1. The first-order valence-electron chi connectivity index (χ1n) is 12.0. The van der Waals surface area contributed by atoms with Gasteiger partial charge in [0.25, 0.3) is 0 Å². The Kier molecular flexibility index (Phi) is 12.2. The van der Waals surface area contributed by atoms with Crippen molar-refractivity contribution in [1.29, 1.82) is 5.41 Å². The molecular weight excluding hydrogens is 575 g/mol. The maximum absolute atomic E-state index is 11.2. The van der Waals surface area contributed by atoms with Gasteiger partial charge in [-0.05, 0) is 54.1 Å². The van der Waals surface area contributed by atoms with Crippen LogP contribution in [0.4, 0.5) is 30.4 Å². The average Bonchev–Trinajstić information content (AvgIpc) is 2.97. The van der Waals surface area contributed by atoms with Gasteiger partial charge in [0, 0.05) is 17.4 Å². The zero-order chi connectivity index (χ0) is 32.0. The third-order valence-electron chi connectivity index (χ3n) is 5.20. The highest BCUT2D eigenvalue weighted by molar-refractivity contribution is 5.95. The van der Waals surface area contributed by atoms with E-state index in [0.29, 0.717) is 39.8 Å². The molecule has 0 aliphatic carbocycles. The van der Waals surface area contributed by atoms with Gasteiger partial charge in [0.1, 0.15) is 18.5 Å². The molecule has 0 spiro atoms. The SMILES string of the molecule is C=CCOc1cc(C(Nc2ccc(C(=N)N)cc2)/C(=N/N=O)NNc2ncccc2N)ccc1OC.O=C(O)C(F)(F)F. The second kappa shape index (κ2) is 15.8. The Hall–Kier alpha value is -5.87. The molecule has 1 aromatic heterocycles. The summed E-state index contributed by atoms with van der Waals surface area (Å²) in [7, 11) is 1.54. The molecule has 17 heteroatoms. The van der Waals surface area contributed by atoms with Crippen LogP contribution in [0.2, 0.25) is 0 Å². The third kappa shape index (κ3) is 10.2. The number of amidine groups is 2. The number of carboxylic acids is 1. The van der Waals surface area contributed by atoms with Gasteiger partial charge in [-0.3, -0.25) is 16.3 Å². The second-order valence-corrected chi connectivity index (χ2v) is 8.14. The number of nitrogens with zero attached hydrogens (tertiary/aromatic N) is 3. The number of nitrogens with one attached hydrogen (secondary N) is 4. The Morgan fingerprint density at radius 3 is 2.42 bits per heavy atom. The number of ether oxygens (including phenoxy) is 2. The third-order valence-corrected chi connectivity index (χ3v) is 5.20. The van der Waals surface area contributed by atoms with Gasteiger partial charge in [0.2, 0.25) is 0 Å². The number of carbonyl (C=O) groups is 1. The lowest BCUT2D eigenvalue weighted by Crippen LogP contribution is -2.37. The number of alkyl halides is 3. The minimum absolute atomic E-state index is 0.0523. The molecule has 0 aliphatic rings. The summed E-state index contributed by atoms with van der Waals surface area (Å²) in [6.07, 6.45) is -1.90. The number of nitrogen functional groups attached to an aromatic ring is 2. The van der Waals surface area contributed by atoms with Crippen LogP contribution in [0.25, 0.3) is 0 Å². The highest BCUT2D eigenvalue weighted by Gasteiger charge is 2.38. The van der Waals surface area contributed by atoms with E-state index < -0.39 is 18.2 Å². The van der Waals surface area contributed by atoms with Crippen LogP contribution in [0.15, 0.2) is 83.8 Å². The van der Waals surface area contributed by atoms with Crippen molar-refractivity contribution in [2.45, 2.75) is 12.2 Å². The topological polar surface area (TPSA) is 222 Å². The Balaban J connectivity index is 0.000000821. The minimum atomic E-state index is -5.08. The predicted octanol–water partition coefficient (Wildman–Crippen LogP) is 4.00. The highest BCUT2D eigenvalue weighted by atomic mass is 19.4. The molecule has 1 atom stereocenters. The van der Waals surface area contributed by atoms with Crippen molar-refractivity contribution >= 4 is 34.8 Å². The van der Waals surface area contributed by atoms with E-state index in [-0.39, 0.29) is 18.3 Å². The molecule has 0 radical (unpaired) electrons. The van der Waals surface area contributed by atoms with Crippen molar-refractivity contribution in [3.8, 4) is 11.5 Å². The zero-order valence-electron chi connectivity index (χ0n) is 22.6. The first-order valence-corrected chi connectivity index (χ1v) is 12.0. The molecule has 43 heavy (non-hydrogen) atoms. The van der Waals surface area contributed by atoms with Crippen LogP contribution in [0.1, 0.15) is 17.2 Å². The van der Waals surface area contributed by atoms with E-state index in [4.69, 9.17) is 36.3 Å². The van der Waals surface area contributed by atoms with Crippen LogP contribution < -0.4 is 37.1 Å². The summed E-state index contributed by atoms with van der Waals surface area (Å²) < 4.78 is 42.9. The molecule has 1 heterocycles. The van der Waals surface area contributed by atoms with Crippen LogP contribution in [0, 0.1) is 10.3 Å². The van der Waals surface area contributed by atoms with Crippen LogP contribution in [0.3, 0.4) is 0 Å². The summed E-state index contributed by atoms with van der Waals surface area (Å²) in [5.74, 6) is -1.37. The normalized spacial score (nSPS) is 11.6. The summed E-state index contributed by atoms with van der Waals surface area (Å²) in [5.41, 5.74) is 19.5. The van der Waals surface area contributed by atoms with Crippen molar-refractivity contribution in [2.75, 3.05) is 30.2 Å². The molecule has 0 amide bonds. The van der Waals surface area contributed by atoms with Gasteiger partial charge in [-0.25, -0.2) is 9.78 Å². The molecule has 228 valence electrons. The molecule has 0 saturated carbocycles.